The molecule has 0 aliphatic rings. The Kier molecular flexibility index (Phi) is 4.22. The summed E-state index contributed by atoms with van der Waals surface area (Å²) in [7, 11) is 0. The molecule has 102 valence electrons. The highest BCUT2D eigenvalue weighted by Gasteiger charge is 2.14. The molecular weight excluding hydrogens is 238 g/mol. The molecule has 19 heavy (non-hydrogen) atoms. The molecule has 0 saturated carbocycles. The summed E-state index contributed by atoms with van der Waals surface area (Å²) >= 11 is 0. The highest BCUT2D eigenvalue weighted by atomic mass is 16.5. The summed E-state index contributed by atoms with van der Waals surface area (Å²) in [5.74, 6) is 0.860. The fraction of sp³-hybridized carbons (Fsp3) is 0.400. The van der Waals surface area contributed by atoms with Gasteiger partial charge in [0.25, 0.3) is 0 Å². The van der Waals surface area contributed by atoms with Gasteiger partial charge in [-0.3, -0.25) is 0 Å². The number of rotatable bonds is 5. The van der Waals surface area contributed by atoms with Gasteiger partial charge in [-0.15, -0.1) is 0 Å². The van der Waals surface area contributed by atoms with E-state index in [1.165, 1.54) is 0 Å². The quantitative estimate of drug-likeness (QED) is 0.898. The smallest absolute Gasteiger partial charge is 0.144 e. The van der Waals surface area contributed by atoms with Gasteiger partial charge in [0.1, 0.15) is 11.4 Å². The first-order chi connectivity index (χ1) is 9.19. The van der Waals surface area contributed by atoms with Gasteiger partial charge in [0.2, 0.25) is 0 Å². The fourth-order valence-corrected chi connectivity index (χ4v) is 2.17. The lowest BCUT2D eigenvalue weighted by Gasteiger charge is -2.12. The molecule has 0 aliphatic heterocycles. The Balaban J connectivity index is 2.47. The van der Waals surface area contributed by atoms with Crippen LogP contribution in [0, 0.1) is 13.8 Å². The Morgan fingerprint density at radius 3 is 2.63 bits per heavy atom. The van der Waals surface area contributed by atoms with Crippen LogP contribution in [0.2, 0.25) is 0 Å². The first kappa shape index (κ1) is 13.6. The second kappa shape index (κ2) is 5.89. The van der Waals surface area contributed by atoms with Gasteiger partial charge in [0, 0.05) is 17.8 Å². The van der Waals surface area contributed by atoms with E-state index in [2.05, 4.69) is 12.0 Å². The first-order valence-corrected chi connectivity index (χ1v) is 6.66. The average Bonchev–Trinajstić information content (AvgIpc) is 2.71. The van der Waals surface area contributed by atoms with Crippen LogP contribution in [-0.4, -0.2) is 16.4 Å². The van der Waals surface area contributed by atoms with Crippen LogP contribution in [0.1, 0.15) is 30.3 Å². The third kappa shape index (κ3) is 2.63. The van der Waals surface area contributed by atoms with E-state index in [-0.39, 0.29) is 0 Å². The van der Waals surface area contributed by atoms with Crippen LogP contribution in [0.5, 0.6) is 5.75 Å². The van der Waals surface area contributed by atoms with Gasteiger partial charge in [-0.25, -0.2) is 4.68 Å². The molecule has 2 rings (SSSR count). The maximum Gasteiger partial charge on any atom is 0.144 e. The number of hydrogen-bond acceptors (Lipinski definition) is 3. The van der Waals surface area contributed by atoms with Gasteiger partial charge in [0.05, 0.1) is 12.3 Å². The number of nitrogens with two attached hydrogens (primary N) is 1. The van der Waals surface area contributed by atoms with E-state index in [9.17, 15) is 0 Å². The van der Waals surface area contributed by atoms with E-state index < -0.39 is 0 Å². The number of ether oxygens (including phenoxy) is 1. The predicted molar refractivity (Wildman–Crippen MR) is 76.7 cm³/mol. The van der Waals surface area contributed by atoms with E-state index in [0.717, 1.165) is 34.8 Å². The number of benzene rings is 1. The molecule has 0 bridgehead atoms. The molecule has 0 aliphatic carbocycles. The minimum absolute atomic E-state index is 0.510. The minimum Gasteiger partial charge on any atom is -0.491 e. The highest BCUT2D eigenvalue weighted by Crippen LogP contribution is 2.25. The molecule has 0 atom stereocenters. The number of aryl methyl sites for hydroxylation is 1. The topological polar surface area (TPSA) is 53.1 Å². The van der Waals surface area contributed by atoms with Gasteiger partial charge in [0.15, 0.2) is 0 Å². The zero-order valence-corrected chi connectivity index (χ0v) is 11.8. The van der Waals surface area contributed by atoms with Gasteiger partial charge in [-0.1, -0.05) is 19.1 Å². The van der Waals surface area contributed by atoms with Crippen LogP contribution in [0.4, 0.5) is 0 Å². The molecule has 0 amide bonds. The maximum atomic E-state index is 5.79. The largest absolute Gasteiger partial charge is 0.491 e. The summed E-state index contributed by atoms with van der Waals surface area (Å²) in [5.41, 5.74) is 9.90. The fourth-order valence-electron chi connectivity index (χ4n) is 2.17. The zero-order valence-electron chi connectivity index (χ0n) is 11.8. The third-order valence-electron chi connectivity index (χ3n) is 3.20. The van der Waals surface area contributed by atoms with Crippen molar-refractivity contribution in [3.8, 4) is 11.4 Å². The van der Waals surface area contributed by atoms with Crippen LogP contribution in [0.25, 0.3) is 5.69 Å². The Morgan fingerprint density at radius 1 is 1.26 bits per heavy atom. The third-order valence-corrected chi connectivity index (χ3v) is 3.20. The number of nitrogens with zero attached hydrogens (tertiary/aromatic N) is 2. The second-order valence-corrected chi connectivity index (χ2v) is 4.58. The van der Waals surface area contributed by atoms with Gasteiger partial charge < -0.3 is 10.5 Å². The number of aromatic nitrogens is 2. The summed E-state index contributed by atoms with van der Waals surface area (Å²) < 4.78 is 7.71. The van der Waals surface area contributed by atoms with Crippen molar-refractivity contribution in [1.29, 1.82) is 0 Å². The van der Waals surface area contributed by atoms with Crippen molar-refractivity contribution in [2.75, 3.05) is 6.61 Å². The van der Waals surface area contributed by atoms with Crippen LogP contribution in [-0.2, 0) is 6.54 Å². The Labute approximate surface area is 114 Å². The summed E-state index contributed by atoms with van der Waals surface area (Å²) in [6.07, 6.45) is 0.986. The van der Waals surface area contributed by atoms with Crippen molar-refractivity contribution < 1.29 is 4.74 Å². The van der Waals surface area contributed by atoms with Crippen LogP contribution < -0.4 is 10.5 Å². The lowest BCUT2D eigenvalue weighted by molar-refractivity contribution is 0.315. The van der Waals surface area contributed by atoms with E-state index >= 15 is 0 Å². The molecule has 0 radical (unpaired) electrons. The molecule has 0 unspecified atom stereocenters. The SMILES string of the molecule is CCCOc1ccccc1-n1nc(C)c(CN)c1C. The van der Waals surface area contributed by atoms with Crippen molar-refractivity contribution in [3.63, 3.8) is 0 Å². The normalized spacial score (nSPS) is 10.7. The molecule has 1 aromatic carbocycles. The molecule has 4 heteroatoms. The molecular formula is C15H21N3O. The van der Waals surface area contributed by atoms with Gasteiger partial charge in [-0.2, -0.15) is 5.10 Å². The highest BCUT2D eigenvalue weighted by molar-refractivity contribution is 5.48. The summed E-state index contributed by atoms with van der Waals surface area (Å²) in [6.45, 7) is 7.34. The minimum atomic E-state index is 0.510. The standard InChI is InChI=1S/C15H21N3O/c1-4-9-19-15-8-6-5-7-14(15)18-12(3)13(10-16)11(2)17-18/h5-8H,4,9-10,16H2,1-3H3. The van der Waals surface area contributed by atoms with E-state index in [1.54, 1.807) is 0 Å². The van der Waals surface area contributed by atoms with Crippen LogP contribution in [0.3, 0.4) is 0 Å². The Hall–Kier alpha value is -1.81. The van der Waals surface area contributed by atoms with Crippen molar-refractivity contribution >= 4 is 0 Å². The summed E-state index contributed by atoms with van der Waals surface area (Å²) in [4.78, 5) is 0. The molecule has 0 saturated heterocycles. The molecule has 0 spiro atoms. The summed E-state index contributed by atoms with van der Waals surface area (Å²) in [6, 6.07) is 7.96. The van der Waals surface area contributed by atoms with Crippen molar-refractivity contribution in [1.82, 2.24) is 9.78 Å². The second-order valence-electron chi connectivity index (χ2n) is 4.58. The Morgan fingerprint density at radius 2 is 2.00 bits per heavy atom. The average molecular weight is 259 g/mol. The van der Waals surface area contributed by atoms with E-state index in [0.29, 0.717) is 13.2 Å². The van der Waals surface area contributed by atoms with Gasteiger partial charge >= 0.3 is 0 Å². The molecule has 0 fully saturated rings. The molecule has 2 aromatic rings. The van der Waals surface area contributed by atoms with Gasteiger partial charge in [-0.05, 0) is 32.4 Å². The van der Waals surface area contributed by atoms with E-state index in [4.69, 9.17) is 10.5 Å². The van der Waals surface area contributed by atoms with E-state index in [1.807, 2.05) is 42.8 Å². The molecule has 1 heterocycles. The molecule has 1 aromatic heterocycles. The lowest BCUT2D eigenvalue weighted by Crippen LogP contribution is -2.05. The predicted octanol–water partition coefficient (Wildman–Crippen LogP) is 2.74. The van der Waals surface area contributed by atoms with Crippen LogP contribution in [0.15, 0.2) is 24.3 Å². The van der Waals surface area contributed by atoms with Crippen molar-refractivity contribution in [2.24, 2.45) is 5.73 Å². The number of para-hydroxylation sites is 2. The number of hydrogen-bond donors (Lipinski definition) is 1. The lowest BCUT2D eigenvalue weighted by atomic mass is 10.2. The first-order valence-electron chi connectivity index (χ1n) is 6.66. The zero-order chi connectivity index (χ0) is 13.8. The Bertz CT molecular complexity index is 561. The molecule has 4 nitrogen and oxygen atoms in total. The van der Waals surface area contributed by atoms with Crippen LogP contribution >= 0.6 is 0 Å². The van der Waals surface area contributed by atoms with Crippen molar-refractivity contribution in [2.45, 2.75) is 33.7 Å². The summed E-state index contributed by atoms with van der Waals surface area (Å²) in [5, 5.41) is 4.58. The van der Waals surface area contributed by atoms with Crippen molar-refractivity contribution in [3.05, 3.63) is 41.2 Å². The molecule has 2 N–H and O–H groups in total. The maximum absolute atomic E-state index is 5.79. The monoisotopic (exact) mass is 259 g/mol.